The lowest BCUT2D eigenvalue weighted by Crippen LogP contribution is -2.27. The third-order valence-electron chi connectivity index (χ3n) is 2.52. The predicted octanol–water partition coefficient (Wildman–Crippen LogP) is 1.23. The predicted molar refractivity (Wildman–Crippen MR) is 54.6 cm³/mol. The average molecular weight is 207 g/mol. The lowest BCUT2D eigenvalue weighted by molar-refractivity contribution is 0.0593. The summed E-state index contributed by atoms with van der Waals surface area (Å²) in [7, 11) is 1.32. The Morgan fingerprint density at radius 1 is 1.47 bits per heavy atom. The van der Waals surface area contributed by atoms with Crippen molar-refractivity contribution < 1.29 is 9.53 Å². The van der Waals surface area contributed by atoms with Crippen molar-refractivity contribution in [3.8, 4) is 0 Å². The summed E-state index contributed by atoms with van der Waals surface area (Å²) in [5.41, 5.74) is 0.233. The average Bonchev–Trinajstić information content (AvgIpc) is 2.23. The van der Waals surface area contributed by atoms with E-state index < -0.39 is 5.97 Å². The van der Waals surface area contributed by atoms with E-state index in [0.717, 1.165) is 0 Å². The molecule has 1 heterocycles. The molecule has 0 saturated heterocycles. The smallest absolute Gasteiger partial charge is 0.358 e. The van der Waals surface area contributed by atoms with Crippen LogP contribution in [0.1, 0.15) is 29.8 Å². The van der Waals surface area contributed by atoms with E-state index in [2.05, 4.69) is 20.3 Å². The van der Waals surface area contributed by atoms with Gasteiger partial charge in [-0.05, 0) is 31.4 Å². The number of aromatic nitrogens is 2. The van der Waals surface area contributed by atoms with Gasteiger partial charge in [0, 0.05) is 6.04 Å². The number of anilines is 1. The zero-order chi connectivity index (χ0) is 10.7. The zero-order valence-corrected chi connectivity index (χ0v) is 8.56. The molecular weight excluding hydrogens is 194 g/mol. The van der Waals surface area contributed by atoms with Crippen LogP contribution in [0.3, 0.4) is 0 Å². The number of esters is 1. The Labute approximate surface area is 87.8 Å². The molecule has 1 N–H and O–H groups in total. The molecule has 0 radical (unpaired) electrons. The van der Waals surface area contributed by atoms with E-state index in [1.807, 2.05) is 0 Å². The van der Waals surface area contributed by atoms with Gasteiger partial charge in [0.05, 0.1) is 7.11 Å². The second-order valence-corrected chi connectivity index (χ2v) is 3.57. The SMILES string of the molecule is COC(=O)c1ccc(NC2CCC2)nn1. The molecule has 15 heavy (non-hydrogen) atoms. The fourth-order valence-corrected chi connectivity index (χ4v) is 1.38. The van der Waals surface area contributed by atoms with Crippen molar-refractivity contribution in [2.75, 3.05) is 12.4 Å². The highest BCUT2D eigenvalue weighted by Gasteiger charge is 2.17. The minimum absolute atomic E-state index is 0.233. The van der Waals surface area contributed by atoms with Crippen LogP contribution in [0.4, 0.5) is 5.82 Å². The minimum atomic E-state index is -0.460. The Hall–Kier alpha value is -1.65. The summed E-state index contributed by atoms with van der Waals surface area (Å²) >= 11 is 0. The van der Waals surface area contributed by atoms with Crippen molar-refractivity contribution in [1.82, 2.24) is 10.2 Å². The lowest BCUT2D eigenvalue weighted by Gasteiger charge is -2.26. The van der Waals surface area contributed by atoms with E-state index in [1.165, 1.54) is 26.4 Å². The van der Waals surface area contributed by atoms with Crippen molar-refractivity contribution in [3.63, 3.8) is 0 Å². The van der Waals surface area contributed by atoms with E-state index in [4.69, 9.17) is 0 Å². The molecule has 2 rings (SSSR count). The third-order valence-corrected chi connectivity index (χ3v) is 2.52. The molecule has 0 unspecified atom stereocenters. The van der Waals surface area contributed by atoms with Crippen molar-refractivity contribution in [1.29, 1.82) is 0 Å². The zero-order valence-electron chi connectivity index (χ0n) is 8.56. The summed E-state index contributed by atoms with van der Waals surface area (Å²) in [5, 5.41) is 10.9. The molecule has 0 atom stereocenters. The van der Waals surface area contributed by atoms with Gasteiger partial charge in [0.25, 0.3) is 0 Å². The van der Waals surface area contributed by atoms with Gasteiger partial charge >= 0.3 is 5.97 Å². The van der Waals surface area contributed by atoms with Crippen LogP contribution in [0, 0.1) is 0 Å². The number of carbonyl (C=O) groups excluding carboxylic acids is 1. The molecule has 1 fully saturated rings. The summed E-state index contributed by atoms with van der Waals surface area (Å²) in [5.74, 6) is 0.255. The standard InChI is InChI=1S/C10H13N3O2/c1-15-10(14)8-5-6-9(13-12-8)11-7-3-2-4-7/h5-7H,2-4H2,1H3,(H,11,13). The van der Waals surface area contributed by atoms with Gasteiger partial charge in [-0.1, -0.05) is 0 Å². The maximum atomic E-state index is 11.1. The number of hydrogen-bond acceptors (Lipinski definition) is 5. The topological polar surface area (TPSA) is 64.1 Å². The van der Waals surface area contributed by atoms with Gasteiger partial charge in [0.2, 0.25) is 0 Å². The molecule has 0 aromatic carbocycles. The van der Waals surface area contributed by atoms with Crippen molar-refractivity contribution in [3.05, 3.63) is 17.8 Å². The largest absolute Gasteiger partial charge is 0.464 e. The van der Waals surface area contributed by atoms with Gasteiger partial charge in [-0.2, -0.15) is 0 Å². The summed E-state index contributed by atoms with van der Waals surface area (Å²) in [4.78, 5) is 11.1. The van der Waals surface area contributed by atoms with Gasteiger partial charge in [-0.25, -0.2) is 4.79 Å². The molecule has 1 aliphatic rings. The van der Waals surface area contributed by atoms with Crippen molar-refractivity contribution in [2.24, 2.45) is 0 Å². The Kier molecular flexibility index (Phi) is 2.80. The molecule has 0 amide bonds. The number of nitrogens with one attached hydrogen (secondary N) is 1. The van der Waals surface area contributed by atoms with Crippen LogP contribution >= 0.6 is 0 Å². The summed E-state index contributed by atoms with van der Waals surface area (Å²) in [6.07, 6.45) is 3.63. The van der Waals surface area contributed by atoms with Gasteiger partial charge in [0.1, 0.15) is 5.82 Å². The molecule has 80 valence electrons. The van der Waals surface area contributed by atoms with Crippen LogP contribution in [0.25, 0.3) is 0 Å². The highest BCUT2D eigenvalue weighted by molar-refractivity contribution is 5.86. The van der Waals surface area contributed by atoms with E-state index in [1.54, 1.807) is 12.1 Å². The van der Waals surface area contributed by atoms with E-state index in [0.29, 0.717) is 11.9 Å². The van der Waals surface area contributed by atoms with E-state index >= 15 is 0 Å². The van der Waals surface area contributed by atoms with Crippen LogP contribution < -0.4 is 5.32 Å². The van der Waals surface area contributed by atoms with E-state index in [-0.39, 0.29) is 5.69 Å². The summed E-state index contributed by atoms with van der Waals surface area (Å²) < 4.78 is 4.53. The van der Waals surface area contributed by atoms with Gasteiger partial charge in [-0.15, -0.1) is 10.2 Å². The fourth-order valence-electron chi connectivity index (χ4n) is 1.38. The van der Waals surface area contributed by atoms with Gasteiger partial charge < -0.3 is 10.1 Å². The number of methoxy groups -OCH3 is 1. The number of carbonyl (C=O) groups is 1. The van der Waals surface area contributed by atoms with Crippen LogP contribution in [-0.2, 0) is 4.74 Å². The van der Waals surface area contributed by atoms with Crippen LogP contribution in [0.5, 0.6) is 0 Å². The number of nitrogens with zero attached hydrogens (tertiary/aromatic N) is 2. The molecule has 5 nitrogen and oxygen atoms in total. The Morgan fingerprint density at radius 3 is 2.73 bits per heavy atom. The Morgan fingerprint density at radius 2 is 2.27 bits per heavy atom. The molecular formula is C10H13N3O2. The number of hydrogen-bond donors (Lipinski definition) is 1. The maximum absolute atomic E-state index is 11.1. The van der Waals surface area contributed by atoms with Crippen molar-refractivity contribution in [2.45, 2.75) is 25.3 Å². The minimum Gasteiger partial charge on any atom is -0.464 e. The molecule has 0 aliphatic heterocycles. The first-order valence-electron chi connectivity index (χ1n) is 4.98. The highest BCUT2D eigenvalue weighted by Crippen LogP contribution is 2.21. The molecule has 0 bridgehead atoms. The quantitative estimate of drug-likeness (QED) is 0.755. The Balaban J connectivity index is 1.99. The first kappa shape index (κ1) is 9.89. The molecule has 1 aromatic rings. The summed E-state index contributed by atoms with van der Waals surface area (Å²) in [6.45, 7) is 0. The number of rotatable bonds is 3. The molecule has 1 aliphatic carbocycles. The monoisotopic (exact) mass is 207 g/mol. The highest BCUT2D eigenvalue weighted by atomic mass is 16.5. The van der Waals surface area contributed by atoms with Crippen molar-refractivity contribution >= 4 is 11.8 Å². The lowest BCUT2D eigenvalue weighted by atomic mass is 9.93. The van der Waals surface area contributed by atoms with Gasteiger partial charge in [0.15, 0.2) is 5.69 Å². The van der Waals surface area contributed by atoms with Gasteiger partial charge in [-0.3, -0.25) is 0 Å². The normalized spacial score (nSPS) is 15.5. The molecule has 1 aromatic heterocycles. The summed E-state index contributed by atoms with van der Waals surface area (Å²) in [6, 6.07) is 3.88. The van der Waals surface area contributed by atoms with Crippen LogP contribution in [0.15, 0.2) is 12.1 Å². The third kappa shape index (κ3) is 2.23. The maximum Gasteiger partial charge on any atom is 0.358 e. The second-order valence-electron chi connectivity index (χ2n) is 3.57. The molecule has 5 heteroatoms. The number of ether oxygens (including phenoxy) is 1. The first-order valence-corrected chi connectivity index (χ1v) is 4.98. The Bertz CT molecular complexity index is 346. The fraction of sp³-hybridized carbons (Fsp3) is 0.500. The molecule has 0 spiro atoms. The van der Waals surface area contributed by atoms with Crippen LogP contribution in [0.2, 0.25) is 0 Å². The second kappa shape index (κ2) is 4.25. The van der Waals surface area contributed by atoms with E-state index in [9.17, 15) is 4.79 Å². The first-order chi connectivity index (χ1) is 7.29. The molecule has 1 saturated carbocycles. The van der Waals surface area contributed by atoms with Crippen LogP contribution in [-0.4, -0.2) is 29.3 Å².